The van der Waals surface area contributed by atoms with E-state index in [-0.39, 0.29) is 6.04 Å². The smallest absolute Gasteiger partial charge is 0.0653 e. The van der Waals surface area contributed by atoms with Crippen molar-refractivity contribution in [2.75, 3.05) is 14.1 Å². The summed E-state index contributed by atoms with van der Waals surface area (Å²) in [6, 6.07) is 21.7. The minimum atomic E-state index is -0.708. The fraction of sp³-hybridized carbons (Fsp3) is 0.154. The van der Waals surface area contributed by atoms with Gasteiger partial charge < -0.3 is 0 Å². The normalized spacial score (nSPS) is 16.4. The van der Waals surface area contributed by atoms with Gasteiger partial charge in [-0.3, -0.25) is 4.90 Å². The Bertz CT molecular complexity index is 1000. The highest BCUT2D eigenvalue weighted by Crippen LogP contribution is 2.48. The molecular formula is C26H23NP. The molecule has 2 aliphatic carbocycles. The van der Waals surface area contributed by atoms with E-state index in [2.05, 4.69) is 122 Å². The van der Waals surface area contributed by atoms with Crippen LogP contribution in [-0.4, -0.2) is 25.0 Å². The topological polar surface area (TPSA) is 3.24 Å². The largest absolute Gasteiger partial charge is 0.298 e. The van der Waals surface area contributed by atoms with Crippen LogP contribution in [0.2, 0.25) is 0 Å². The first-order chi connectivity index (χ1) is 13.8. The molecule has 1 radical (unpaired) electrons. The number of hydrogen-bond acceptors (Lipinski definition) is 1. The second kappa shape index (κ2) is 8.60. The van der Waals surface area contributed by atoms with E-state index in [4.69, 9.17) is 0 Å². The molecule has 0 fully saturated rings. The standard InChI is InChI=1S/C26H23NP/c1-27(2)26(21-13-6-3-7-14-21)24-19-12-20-25(24)28(22-15-8-4-9-16-22)23-17-10-5-11-18-23/h3-11,13,15-18,26H,14H2,1-2H3/t26-/m1/s1. The van der Waals surface area contributed by atoms with Gasteiger partial charge in [-0.2, -0.15) is 0 Å². The SMILES string of the molecule is CN(C)[C@@H](C1=C=C=C=C1P(c1ccccc1)c1ccccc1)C1=C[CH]C=CC1. The van der Waals surface area contributed by atoms with E-state index in [1.165, 1.54) is 27.1 Å². The summed E-state index contributed by atoms with van der Waals surface area (Å²) < 4.78 is 0. The number of benzene rings is 2. The Labute approximate surface area is 169 Å². The highest BCUT2D eigenvalue weighted by atomic mass is 31.1. The molecule has 2 aliphatic rings. The van der Waals surface area contributed by atoms with E-state index in [0.717, 1.165) is 6.42 Å². The first kappa shape index (κ1) is 18.7. The van der Waals surface area contributed by atoms with Crippen LogP contribution in [0, 0.1) is 6.42 Å². The zero-order valence-corrected chi connectivity index (χ0v) is 17.2. The van der Waals surface area contributed by atoms with Crippen LogP contribution in [0.15, 0.2) is 113 Å². The lowest BCUT2D eigenvalue weighted by Crippen LogP contribution is -2.33. The monoisotopic (exact) mass is 380 g/mol. The third-order valence-corrected chi connectivity index (χ3v) is 7.37. The Kier molecular flexibility index (Phi) is 5.76. The van der Waals surface area contributed by atoms with Crippen molar-refractivity contribution in [2.24, 2.45) is 0 Å². The average Bonchev–Trinajstić information content (AvgIpc) is 3.19. The Morgan fingerprint density at radius 3 is 2.07 bits per heavy atom. The quantitative estimate of drug-likeness (QED) is 0.510. The van der Waals surface area contributed by atoms with Gasteiger partial charge in [0.2, 0.25) is 0 Å². The summed E-state index contributed by atoms with van der Waals surface area (Å²) >= 11 is 0. The zero-order chi connectivity index (χ0) is 19.3. The molecule has 4 rings (SSSR count). The summed E-state index contributed by atoms with van der Waals surface area (Å²) in [4.78, 5) is 2.28. The van der Waals surface area contributed by atoms with Gasteiger partial charge in [-0.25, -0.2) is 0 Å². The van der Waals surface area contributed by atoms with Gasteiger partial charge in [-0.15, -0.1) is 0 Å². The van der Waals surface area contributed by atoms with Crippen LogP contribution >= 0.6 is 7.92 Å². The Hall–Kier alpha value is -2.61. The zero-order valence-electron chi connectivity index (χ0n) is 16.3. The molecule has 0 spiro atoms. The number of likely N-dealkylation sites (N-methyl/N-ethyl adjacent to an activating group) is 1. The summed E-state index contributed by atoms with van der Waals surface area (Å²) in [6.45, 7) is 0. The molecular weight excluding hydrogens is 357 g/mol. The molecule has 137 valence electrons. The van der Waals surface area contributed by atoms with Crippen molar-refractivity contribution < 1.29 is 0 Å². The van der Waals surface area contributed by atoms with Gasteiger partial charge in [0, 0.05) is 17.3 Å². The van der Waals surface area contributed by atoms with Gasteiger partial charge >= 0.3 is 0 Å². The maximum atomic E-state index is 3.44. The molecule has 1 atom stereocenters. The molecule has 2 aromatic carbocycles. The molecule has 28 heavy (non-hydrogen) atoms. The van der Waals surface area contributed by atoms with Crippen LogP contribution in [-0.2, 0) is 0 Å². The maximum Gasteiger partial charge on any atom is 0.0653 e. The third kappa shape index (κ3) is 3.82. The summed E-state index contributed by atoms with van der Waals surface area (Å²) in [5.41, 5.74) is 12.6. The van der Waals surface area contributed by atoms with Crippen molar-refractivity contribution in [1.29, 1.82) is 0 Å². The fourth-order valence-electron chi connectivity index (χ4n) is 3.73. The van der Waals surface area contributed by atoms with E-state index in [1.54, 1.807) is 0 Å². The molecule has 0 saturated heterocycles. The second-order valence-corrected chi connectivity index (χ2v) is 9.23. The van der Waals surface area contributed by atoms with Crippen molar-refractivity contribution >= 4 is 18.5 Å². The van der Waals surface area contributed by atoms with Crippen LogP contribution in [0.25, 0.3) is 0 Å². The molecule has 0 saturated carbocycles. The van der Waals surface area contributed by atoms with Crippen LogP contribution in [0.1, 0.15) is 6.42 Å². The van der Waals surface area contributed by atoms with Crippen molar-refractivity contribution in [3.63, 3.8) is 0 Å². The van der Waals surface area contributed by atoms with Crippen molar-refractivity contribution in [3.8, 4) is 0 Å². The van der Waals surface area contributed by atoms with E-state index in [0.29, 0.717) is 0 Å². The Balaban J connectivity index is 1.78. The van der Waals surface area contributed by atoms with Crippen LogP contribution in [0.3, 0.4) is 0 Å². The molecule has 2 aromatic rings. The minimum Gasteiger partial charge on any atom is -0.298 e. The van der Waals surface area contributed by atoms with Crippen molar-refractivity contribution in [1.82, 2.24) is 4.90 Å². The van der Waals surface area contributed by atoms with Gasteiger partial charge in [-0.1, -0.05) is 90.4 Å². The maximum absolute atomic E-state index is 3.44. The molecule has 0 amide bonds. The van der Waals surface area contributed by atoms with Gasteiger partial charge in [0.25, 0.3) is 0 Å². The highest BCUT2D eigenvalue weighted by Gasteiger charge is 2.31. The van der Waals surface area contributed by atoms with Crippen LogP contribution < -0.4 is 10.6 Å². The molecule has 0 bridgehead atoms. The van der Waals surface area contributed by atoms with Gasteiger partial charge in [0.15, 0.2) is 0 Å². The lowest BCUT2D eigenvalue weighted by molar-refractivity contribution is 0.366. The predicted molar refractivity (Wildman–Crippen MR) is 120 cm³/mol. The first-order valence-electron chi connectivity index (χ1n) is 9.52. The van der Waals surface area contributed by atoms with Gasteiger partial charge in [0.1, 0.15) is 0 Å². The molecule has 1 nitrogen and oxygen atoms in total. The molecule has 2 heteroatoms. The average molecular weight is 380 g/mol. The van der Waals surface area contributed by atoms with Crippen LogP contribution in [0.5, 0.6) is 0 Å². The Morgan fingerprint density at radius 1 is 0.893 bits per heavy atom. The second-order valence-electron chi connectivity index (χ2n) is 7.08. The predicted octanol–water partition coefficient (Wildman–Crippen LogP) is 4.87. The number of rotatable bonds is 6. The van der Waals surface area contributed by atoms with E-state index >= 15 is 0 Å². The van der Waals surface area contributed by atoms with Crippen molar-refractivity contribution in [3.05, 3.63) is 119 Å². The summed E-state index contributed by atoms with van der Waals surface area (Å²) in [6.07, 6.45) is 9.67. The van der Waals surface area contributed by atoms with E-state index in [9.17, 15) is 0 Å². The first-order valence-corrected chi connectivity index (χ1v) is 10.9. The number of hydrogen-bond donors (Lipinski definition) is 0. The molecule has 0 unspecified atom stereocenters. The molecule has 0 N–H and O–H groups in total. The Morgan fingerprint density at radius 2 is 1.54 bits per heavy atom. The summed E-state index contributed by atoms with van der Waals surface area (Å²) in [7, 11) is 3.57. The number of allylic oxidation sites excluding steroid dienone is 3. The third-order valence-electron chi connectivity index (χ3n) is 4.94. The minimum absolute atomic E-state index is 0.177. The van der Waals surface area contributed by atoms with E-state index in [1.807, 2.05) is 0 Å². The van der Waals surface area contributed by atoms with Crippen molar-refractivity contribution in [2.45, 2.75) is 12.5 Å². The molecule has 0 aromatic heterocycles. The van der Waals surface area contributed by atoms with Gasteiger partial charge in [0.05, 0.1) is 6.04 Å². The summed E-state index contributed by atoms with van der Waals surface area (Å²) in [5.74, 6) is 0. The lowest BCUT2D eigenvalue weighted by Gasteiger charge is -2.31. The fourth-order valence-corrected chi connectivity index (χ4v) is 6.07. The van der Waals surface area contributed by atoms with E-state index < -0.39 is 7.92 Å². The highest BCUT2D eigenvalue weighted by molar-refractivity contribution is 7.77. The molecule has 0 heterocycles. The summed E-state index contributed by atoms with van der Waals surface area (Å²) in [5, 5.41) is 3.88. The van der Waals surface area contributed by atoms with Gasteiger partial charge in [-0.05, 0) is 50.4 Å². The lowest BCUT2D eigenvalue weighted by atomic mass is 9.92. The van der Waals surface area contributed by atoms with Crippen LogP contribution in [0.4, 0.5) is 0 Å². The number of nitrogens with zero attached hydrogens (tertiary/aromatic N) is 1. The molecule has 0 aliphatic heterocycles.